The van der Waals surface area contributed by atoms with Crippen molar-refractivity contribution in [1.29, 1.82) is 0 Å². The Morgan fingerprint density at radius 2 is 1.70 bits per heavy atom. The van der Waals surface area contributed by atoms with Gasteiger partial charge in [0.05, 0.1) is 22.5 Å². The number of nitrogens with zero attached hydrogens (tertiary/aromatic N) is 1. The van der Waals surface area contributed by atoms with Crippen LogP contribution in [0, 0.1) is 23.7 Å². The van der Waals surface area contributed by atoms with Gasteiger partial charge in [0, 0.05) is 4.47 Å². The van der Waals surface area contributed by atoms with Crippen molar-refractivity contribution in [2.45, 2.75) is 19.3 Å². The van der Waals surface area contributed by atoms with Crippen molar-refractivity contribution in [3.8, 4) is 0 Å². The van der Waals surface area contributed by atoms with Gasteiger partial charge in [0.15, 0.2) is 0 Å². The van der Waals surface area contributed by atoms with E-state index in [0.29, 0.717) is 22.5 Å². The predicted octanol–water partition coefficient (Wildman–Crippen LogP) is 3.64. The fraction of sp³-hybridized carbons (Fsp3) is 0.467. The Hall–Kier alpha value is -0.870. The molecule has 104 valence electrons. The lowest BCUT2D eigenvalue weighted by Gasteiger charge is -2.19. The summed E-state index contributed by atoms with van der Waals surface area (Å²) in [5, 5.41) is 0.438. The third-order valence-corrected chi connectivity index (χ3v) is 5.87. The van der Waals surface area contributed by atoms with Crippen molar-refractivity contribution in [3.63, 3.8) is 0 Å². The van der Waals surface area contributed by atoms with Crippen LogP contribution in [0.25, 0.3) is 0 Å². The maximum absolute atomic E-state index is 12.7. The molecule has 3 aliphatic rings. The van der Waals surface area contributed by atoms with Gasteiger partial charge in [-0.15, -0.1) is 0 Å². The average molecular weight is 355 g/mol. The normalized spacial score (nSPS) is 35.0. The Kier molecular flexibility index (Phi) is 2.77. The van der Waals surface area contributed by atoms with Gasteiger partial charge < -0.3 is 0 Å². The molecule has 4 atom stereocenters. The van der Waals surface area contributed by atoms with Crippen LogP contribution in [0.4, 0.5) is 5.69 Å². The van der Waals surface area contributed by atoms with Gasteiger partial charge >= 0.3 is 0 Å². The topological polar surface area (TPSA) is 37.4 Å². The summed E-state index contributed by atoms with van der Waals surface area (Å²) in [6, 6.07) is 5.27. The third-order valence-electron chi connectivity index (χ3n) is 5.08. The monoisotopic (exact) mass is 353 g/mol. The first-order valence-corrected chi connectivity index (χ1v) is 8.08. The standard InChI is InChI=1S/C15H13BrClNO2/c16-9-3-4-11(10(17)6-9)18-14(19)12-7-1-2-8(5-7)13(12)15(18)20/h3-4,6-8,12-13H,1-2,5H2/t7-,8-,12+,13+/m1/s1. The van der Waals surface area contributed by atoms with Crippen LogP contribution in [0.2, 0.25) is 5.02 Å². The van der Waals surface area contributed by atoms with E-state index in [0.717, 1.165) is 23.7 Å². The van der Waals surface area contributed by atoms with Crippen LogP contribution in [-0.2, 0) is 9.59 Å². The first kappa shape index (κ1) is 12.8. The van der Waals surface area contributed by atoms with Crippen molar-refractivity contribution in [3.05, 3.63) is 27.7 Å². The lowest BCUT2D eigenvalue weighted by atomic mass is 9.81. The van der Waals surface area contributed by atoms with E-state index in [1.54, 1.807) is 12.1 Å². The summed E-state index contributed by atoms with van der Waals surface area (Å²) in [5.74, 6) is 0.524. The number of halogens is 2. The van der Waals surface area contributed by atoms with Crippen molar-refractivity contribution in [2.24, 2.45) is 23.7 Å². The van der Waals surface area contributed by atoms with Gasteiger partial charge in [-0.05, 0) is 49.3 Å². The highest BCUT2D eigenvalue weighted by molar-refractivity contribution is 9.10. The Labute approximate surface area is 130 Å². The van der Waals surface area contributed by atoms with Crippen molar-refractivity contribution >= 4 is 45.0 Å². The Morgan fingerprint density at radius 3 is 2.25 bits per heavy atom. The quantitative estimate of drug-likeness (QED) is 0.722. The number of carbonyl (C=O) groups excluding carboxylic acids is 2. The molecule has 1 aromatic rings. The summed E-state index contributed by atoms with van der Waals surface area (Å²) in [6.07, 6.45) is 3.23. The minimum atomic E-state index is -0.0963. The number of hydrogen-bond acceptors (Lipinski definition) is 2. The number of anilines is 1. The van der Waals surface area contributed by atoms with Gasteiger partial charge in [-0.3, -0.25) is 9.59 Å². The first-order valence-electron chi connectivity index (χ1n) is 6.91. The van der Waals surface area contributed by atoms with Gasteiger partial charge in [-0.25, -0.2) is 4.90 Å². The Balaban J connectivity index is 1.77. The smallest absolute Gasteiger partial charge is 0.238 e. The first-order chi connectivity index (χ1) is 9.58. The second-order valence-electron chi connectivity index (χ2n) is 5.99. The molecule has 2 bridgehead atoms. The molecule has 0 unspecified atom stereocenters. The lowest BCUT2D eigenvalue weighted by molar-refractivity contribution is -0.123. The van der Waals surface area contributed by atoms with E-state index in [1.165, 1.54) is 4.90 Å². The number of carbonyl (C=O) groups is 2. The molecule has 2 saturated carbocycles. The molecule has 2 amide bonds. The molecule has 1 saturated heterocycles. The molecule has 20 heavy (non-hydrogen) atoms. The summed E-state index contributed by atoms with van der Waals surface area (Å²) in [4.78, 5) is 26.6. The molecular weight excluding hydrogens is 342 g/mol. The Bertz CT molecular complexity index is 604. The Morgan fingerprint density at radius 1 is 1.10 bits per heavy atom. The molecule has 5 heteroatoms. The van der Waals surface area contributed by atoms with E-state index >= 15 is 0 Å². The van der Waals surface area contributed by atoms with E-state index in [1.807, 2.05) is 6.07 Å². The number of amides is 2. The number of benzene rings is 1. The molecule has 1 aromatic carbocycles. The van der Waals surface area contributed by atoms with E-state index in [2.05, 4.69) is 15.9 Å². The van der Waals surface area contributed by atoms with Gasteiger partial charge in [-0.1, -0.05) is 27.5 Å². The fourth-order valence-corrected chi connectivity index (χ4v) is 5.07. The van der Waals surface area contributed by atoms with Crippen LogP contribution < -0.4 is 4.90 Å². The van der Waals surface area contributed by atoms with E-state index in [-0.39, 0.29) is 23.7 Å². The molecule has 0 radical (unpaired) electrons. The fourth-order valence-electron chi connectivity index (χ4n) is 4.31. The highest BCUT2D eigenvalue weighted by Gasteiger charge is 2.61. The zero-order valence-corrected chi connectivity index (χ0v) is 13.0. The zero-order chi connectivity index (χ0) is 14.0. The SMILES string of the molecule is O=C1[C@H]2[C@@H]3CC[C@H](C3)[C@@H]2C(=O)N1c1ccc(Br)cc1Cl. The molecule has 2 aliphatic carbocycles. The number of fused-ring (bicyclic) bond motifs is 5. The summed E-state index contributed by atoms with van der Waals surface area (Å²) in [5.41, 5.74) is 0.527. The molecule has 0 aromatic heterocycles. The third kappa shape index (κ3) is 1.58. The molecule has 3 nitrogen and oxygen atoms in total. The average Bonchev–Trinajstić information content (AvgIpc) is 3.06. The van der Waals surface area contributed by atoms with Crippen LogP contribution >= 0.6 is 27.5 Å². The second-order valence-corrected chi connectivity index (χ2v) is 7.32. The van der Waals surface area contributed by atoms with Crippen LogP contribution in [0.15, 0.2) is 22.7 Å². The van der Waals surface area contributed by atoms with Crippen LogP contribution in [-0.4, -0.2) is 11.8 Å². The zero-order valence-electron chi connectivity index (χ0n) is 10.7. The predicted molar refractivity (Wildman–Crippen MR) is 79.5 cm³/mol. The van der Waals surface area contributed by atoms with Crippen molar-refractivity contribution < 1.29 is 9.59 Å². The molecule has 0 N–H and O–H groups in total. The summed E-state index contributed by atoms with van der Waals surface area (Å²) in [7, 11) is 0. The maximum Gasteiger partial charge on any atom is 0.238 e. The molecule has 1 aliphatic heterocycles. The largest absolute Gasteiger partial charge is 0.274 e. The van der Waals surface area contributed by atoms with Gasteiger partial charge in [0.25, 0.3) is 0 Å². The van der Waals surface area contributed by atoms with E-state index < -0.39 is 0 Å². The van der Waals surface area contributed by atoms with E-state index in [9.17, 15) is 9.59 Å². The lowest BCUT2D eigenvalue weighted by Crippen LogP contribution is -2.32. The van der Waals surface area contributed by atoms with Gasteiger partial charge in [0.1, 0.15) is 0 Å². The van der Waals surface area contributed by atoms with Crippen LogP contribution in [0.1, 0.15) is 19.3 Å². The maximum atomic E-state index is 12.7. The number of rotatable bonds is 1. The minimum Gasteiger partial charge on any atom is -0.274 e. The van der Waals surface area contributed by atoms with Crippen molar-refractivity contribution in [2.75, 3.05) is 4.90 Å². The molecule has 3 fully saturated rings. The second kappa shape index (κ2) is 4.31. The summed E-state index contributed by atoms with van der Waals surface area (Å²) < 4.78 is 0.839. The number of hydrogen-bond donors (Lipinski definition) is 0. The summed E-state index contributed by atoms with van der Waals surface area (Å²) >= 11 is 9.55. The van der Waals surface area contributed by atoms with E-state index in [4.69, 9.17) is 11.6 Å². The highest BCUT2D eigenvalue weighted by Crippen LogP contribution is 2.57. The van der Waals surface area contributed by atoms with Crippen LogP contribution in [0.3, 0.4) is 0 Å². The van der Waals surface area contributed by atoms with Gasteiger partial charge in [0.2, 0.25) is 11.8 Å². The van der Waals surface area contributed by atoms with Crippen molar-refractivity contribution in [1.82, 2.24) is 0 Å². The molecular formula is C15H13BrClNO2. The number of imide groups is 1. The minimum absolute atomic E-state index is 0.0450. The molecule has 0 spiro atoms. The highest BCUT2D eigenvalue weighted by atomic mass is 79.9. The summed E-state index contributed by atoms with van der Waals surface area (Å²) in [6.45, 7) is 0. The van der Waals surface area contributed by atoms with Crippen LogP contribution in [0.5, 0.6) is 0 Å². The molecule has 4 rings (SSSR count). The molecule has 1 heterocycles. The van der Waals surface area contributed by atoms with Gasteiger partial charge in [-0.2, -0.15) is 0 Å².